The number of hydrogen-bond donors (Lipinski definition) is 1. The van der Waals surface area contributed by atoms with Crippen molar-refractivity contribution in [3.05, 3.63) is 48.0 Å². The lowest BCUT2D eigenvalue weighted by Crippen LogP contribution is -2.03. The summed E-state index contributed by atoms with van der Waals surface area (Å²) in [5.41, 5.74) is 7.86. The summed E-state index contributed by atoms with van der Waals surface area (Å²) >= 11 is 0. The fourth-order valence-corrected chi connectivity index (χ4v) is 1.35. The first-order valence-electron chi connectivity index (χ1n) is 5.33. The second kappa shape index (κ2) is 6.80. The van der Waals surface area contributed by atoms with E-state index in [0.717, 1.165) is 18.4 Å². The van der Waals surface area contributed by atoms with Crippen molar-refractivity contribution >= 4 is 5.97 Å². The molecule has 0 aliphatic carbocycles. The minimum atomic E-state index is -0.363. The van der Waals surface area contributed by atoms with Gasteiger partial charge in [0.25, 0.3) is 0 Å². The maximum absolute atomic E-state index is 10.8. The van der Waals surface area contributed by atoms with E-state index in [4.69, 9.17) is 10.5 Å². The zero-order valence-electron chi connectivity index (χ0n) is 9.32. The average Bonchev–Trinajstić information content (AvgIpc) is 2.35. The van der Waals surface area contributed by atoms with E-state index in [1.807, 2.05) is 12.1 Å². The van der Waals surface area contributed by atoms with Crippen LogP contribution in [0.5, 0.6) is 0 Å². The van der Waals surface area contributed by atoms with Crippen molar-refractivity contribution in [2.24, 2.45) is 5.73 Å². The third-order valence-electron chi connectivity index (χ3n) is 2.28. The van der Waals surface area contributed by atoms with Crippen molar-refractivity contribution in [1.29, 1.82) is 0 Å². The summed E-state index contributed by atoms with van der Waals surface area (Å²) < 4.78 is 4.88. The minimum absolute atomic E-state index is 0.363. The second-order valence-corrected chi connectivity index (χ2v) is 3.50. The van der Waals surface area contributed by atoms with Gasteiger partial charge >= 0.3 is 5.97 Å². The van der Waals surface area contributed by atoms with Crippen LogP contribution in [0.15, 0.2) is 36.9 Å². The molecule has 1 aromatic rings. The van der Waals surface area contributed by atoms with Crippen molar-refractivity contribution < 1.29 is 9.53 Å². The van der Waals surface area contributed by atoms with Crippen LogP contribution in [0.4, 0.5) is 0 Å². The number of benzene rings is 1. The molecule has 0 saturated heterocycles. The van der Waals surface area contributed by atoms with E-state index in [1.54, 1.807) is 0 Å². The Bertz CT molecular complexity index is 343. The van der Waals surface area contributed by atoms with Gasteiger partial charge in [-0.3, -0.25) is 0 Å². The summed E-state index contributed by atoms with van der Waals surface area (Å²) in [6.07, 6.45) is 2.90. The molecule has 3 nitrogen and oxygen atoms in total. The first-order valence-corrected chi connectivity index (χ1v) is 5.33. The van der Waals surface area contributed by atoms with Gasteiger partial charge in [-0.1, -0.05) is 30.8 Å². The van der Waals surface area contributed by atoms with Crippen molar-refractivity contribution in [1.82, 2.24) is 0 Å². The normalized spacial score (nSPS) is 9.81. The molecule has 0 aliphatic heterocycles. The second-order valence-electron chi connectivity index (χ2n) is 3.50. The standard InChI is InChI=1S/C13H17NO2/c1-2-13(15)16-9-3-4-11-5-7-12(10-14)8-6-11/h2,5-8H,1,3-4,9-10,14H2. The van der Waals surface area contributed by atoms with Crippen molar-refractivity contribution in [2.45, 2.75) is 19.4 Å². The summed E-state index contributed by atoms with van der Waals surface area (Å²) in [6.45, 7) is 4.33. The van der Waals surface area contributed by atoms with E-state index in [0.29, 0.717) is 13.2 Å². The van der Waals surface area contributed by atoms with Crippen LogP contribution in [0, 0.1) is 0 Å². The van der Waals surface area contributed by atoms with Crippen LogP contribution in [0.2, 0.25) is 0 Å². The van der Waals surface area contributed by atoms with Gasteiger partial charge in [0, 0.05) is 12.6 Å². The molecule has 0 aromatic heterocycles. The third-order valence-corrected chi connectivity index (χ3v) is 2.28. The van der Waals surface area contributed by atoms with Gasteiger partial charge in [-0.25, -0.2) is 4.79 Å². The lowest BCUT2D eigenvalue weighted by atomic mass is 10.1. The highest BCUT2D eigenvalue weighted by atomic mass is 16.5. The fourth-order valence-electron chi connectivity index (χ4n) is 1.35. The summed E-state index contributed by atoms with van der Waals surface area (Å²) in [4.78, 5) is 10.8. The largest absolute Gasteiger partial charge is 0.463 e. The van der Waals surface area contributed by atoms with Crippen LogP contribution in [0.3, 0.4) is 0 Å². The quantitative estimate of drug-likeness (QED) is 0.451. The summed E-state index contributed by atoms with van der Waals surface area (Å²) in [5.74, 6) is -0.363. The monoisotopic (exact) mass is 219 g/mol. The zero-order valence-corrected chi connectivity index (χ0v) is 9.32. The summed E-state index contributed by atoms with van der Waals surface area (Å²) in [7, 11) is 0. The maximum Gasteiger partial charge on any atom is 0.330 e. The molecule has 0 atom stereocenters. The Labute approximate surface area is 95.9 Å². The van der Waals surface area contributed by atoms with E-state index in [9.17, 15) is 4.79 Å². The average molecular weight is 219 g/mol. The van der Waals surface area contributed by atoms with Crippen molar-refractivity contribution in [2.75, 3.05) is 6.61 Å². The molecule has 0 aliphatic rings. The molecule has 0 spiro atoms. The smallest absolute Gasteiger partial charge is 0.330 e. The van der Waals surface area contributed by atoms with Gasteiger partial charge in [-0.15, -0.1) is 0 Å². The molecular weight excluding hydrogens is 202 g/mol. The molecule has 2 N–H and O–H groups in total. The molecule has 86 valence electrons. The summed E-state index contributed by atoms with van der Waals surface area (Å²) in [6, 6.07) is 8.14. The number of esters is 1. The topological polar surface area (TPSA) is 52.3 Å². The molecule has 0 amide bonds. The number of aryl methyl sites for hydroxylation is 1. The molecule has 1 aromatic carbocycles. The van der Waals surface area contributed by atoms with E-state index < -0.39 is 0 Å². The SMILES string of the molecule is C=CC(=O)OCCCc1ccc(CN)cc1. The number of carbonyl (C=O) groups excluding carboxylic acids is 1. The molecule has 0 unspecified atom stereocenters. The minimum Gasteiger partial charge on any atom is -0.463 e. The third kappa shape index (κ3) is 4.28. The Morgan fingerprint density at radius 3 is 2.50 bits per heavy atom. The Kier molecular flexibility index (Phi) is 5.29. The predicted molar refractivity (Wildman–Crippen MR) is 63.8 cm³/mol. The van der Waals surface area contributed by atoms with Gasteiger partial charge in [0.05, 0.1) is 6.61 Å². The first kappa shape index (κ1) is 12.5. The van der Waals surface area contributed by atoms with Gasteiger partial charge in [0.1, 0.15) is 0 Å². The van der Waals surface area contributed by atoms with Crippen molar-refractivity contribution in [3.8, 4) is 0 Å². The van der Waals surface area contributed by atoms with Crippen LogP contribution < -0.4 is 5.73 Å². The Morgan fingerprint density at radius 2 is 1.94 bits per heavy atom. The molecule has 0 fully saturated rings. The highest BCUT2D eigenvalue weighted by Gasteiger charge is 1.97. The first-order chi connectivity index (χ1) is 7.76. The summed E-state index contributed by atoms with van der Waals surface area (Å²) in [5, 5.41) is 0. The van der Waals surface area contributed by atoms with Crippen LogP contribution >= 0.6 is 0 Å². The number of nitrogens with two attached hydrogens (primary N) is 1. The number of ether oxygens (including phenoxy) is 1. The van der Waals surface area contributed by atoms with E-state index in [-0.39, 0.29) is 5.97 Å². The van der Waals surface area contributed by atoms with Gasteiger partial charge in [0.15, 0.2) is 0 Å². The lowest BCUT2D eigenvalue weighted by molar-refractivity contribution is -0.137. The molecule has 0 saturated carbocycles. The Hall–Kier alpha value is -1.61. The van der Waals surface area contributed by atoms with Gasteiger partial charge in [0.2, 0.25) is 0 Å². The molecule has 0 bridgehead atoms. The number of hydrogen-bond acceptors (Lipinski definition) is 3. The fraction of sp³-hybridized carbons (Fsp3) is 0.308. The van der Waals surface area contributed by atoms with Gasteiger partial charge < -0.3 is 10.5 Å². The lowest BCUT2D eigenvalue weighted by Gasteiger charge is -2.03. The van der Waals surface area contributed by atoms with Crippen LogP contribution in [0.25, 0.3) is 0 Å². The number of carbonyl (C=O) groups is 1. The molecule has 0 radical (unpaired) electrons. The van der Waals surface area contributed by atoms with E-state index in [2.05, 4.69) is 18.7 Å². The maximum atomic E-state index is 10.8. The Balaban J connectivity index is 2.26. The molecular formula is C13H17NO2. The van der Waals surface area contributed by atoms with Crippen molar-refractivity contribution in [3.63, 3.8) is 0 Å². The highest BCUT2D eigenvalue weighted by molar-refractivity contribution is 5.81. The van der Waals surface area contributed by atoms with Gasteiger partial charge in [-0.2, -0.15) is 0 Å². The predicted octanol–water partition coefficient (Wildman–Crippen LogP) is 1.81. The number of rotatable bonds is 6. The highest BCUT2D eigenvalue weighted by Crippen LogP contribution is 2.06. The molecule has 0 heterocycles. The van der Waals surface area contributed by atoms with E-state index in [1.165, 1.54) is 11.6 Å². The zero-order chi connectivity index (χ0) is 11.8. The molecule has 16 heavy (non-hydrogen) atoms. The van der Waals surface area contributed by atoms with E-state index >= 15 is 0 Å². The van der Waals surface area contributed by atoms with Crippen LogP contribution in [0.1, 0.15) is 17.5 Å². The van der Waals surface area contributed by atoms with Crippen LogP contribution in [-0.4, -0.2) is 12.6 Å². The molecule has 3 heteroatoms. The Morgan fingerprint density at radius 1 is 1.31 bits per heavy atom. The molecule has 1 rings (SSSR count). The van der Waals surface area contributed by atoms with Crippen LogP contribution in [-0.2, 0) is 22.5 Å². The van der Waals surface area contributed by atoms with Gasteiger partial charge in [-0.05, 0) is 24.0 Å².